The van der Waals surface area contributed by atoms with Gasteiger partial charge in [0.15, 0.2) is 0 Å². The average molecular weight is 238 g/mol. The quantitative estimate of drug-likeness (QED) is 0.499. The van der Waals surface area contributed by atoms with Gasteiger partial charge in [-0.25, -0.2) is 4.79 Å². The monoisotopic (exact) mass is 238 g/mol. The highest BCUT2D eigenvalue weighted by Gasteiger charge is 2.10. The summed E-state index contributed by atoms with van der Waals surface area (Å²) in [5, 5.41) is 9.58. The van der Waals surface area contributed by atoms with Gasteiger partial charge in [0.05, 0.1) is 12.0 Å². The Morgan fingerprint density at radius 1 is 1.31 bits per heavy atom. The highest BCUT2D eigenvalue weighted by Crippen LogP contribution is 2.34. The Morgan fingerprint density at radius 3 is 2.50 bits per heavy atom. The molecular weight excluding hydrogens is 224 g/mol. The molecule has 1 rings (SSSR count). The van der Waals surface area contributed by atoms with Crippen molar-refractivity contribution in [3.63, 3.8) is 0 Å². The Hall–Kier alpha value is -1.42. The number of methoxy groups -OCH3 is 1. The highest BCUT2D eigenvalue weighted by molar-refractivity contribution is 8.03. The van der Waals surface area contributed by atoms with Crippen LogP contribution in [-0.4, -0.2) is 18.2 Å². The van der Waals surface area contributed by atoms with Gasteiger partial charge in [-0.3, -0.25) is 0 Å². The first-order chi connectivity index (χ1) is 7.56. The minimum absolute atomic E-state index is 0.213. The molecule has 0 bridgehead atoms. The van der Waals surface area contributed by atoms with E-state index in [0.717, 1.165) is 9.80 Å². The minimum Gasteiger partial charge on any atom is -0.507 e. The molecule has 0 fully saturated rings. The van der Waals surface area contributed by atoms with Crippen LogP contribution in [0.1, 0.15) is 13.8 Å². The summed E-state index contributed by atoms with van der Waals surface area (Å²) < 4.78 is 4.63. The number of phenolic OH excluding ortho intramolecular Hbond substituents is 1. The van der Waals surface area contributed by atoms with Crippen LogP contribution in [0.25, 0.3) is 0 Å². The van der Waals surface area contributed by atoms with Gasteiger partial charge in [0.1, 0.15) is 5.75 Å². The van der Waals surface area contributed by atoms with Crippen molar-refractivity contribution in [1.29, 1.82) is 0 Å². The maximum Gasteiger partial charge on any atom is 0.334 e. The van der Waals surface area contributed by atoms with Crippen molar-refractivity contribution >= 4 is 17.7 Å². The van der Waals surface area contributed by atoms with Crippen LogP contribution in [0.5, 0.6) is 5.75 Å². The summed E-state index contributed by atoms with van der Waals surface area (Å²) >= 11 is 1.35. The normalized spacial score (nSPS) is 11.9. The predicted octanol–water partition coefficient (Wildman–Crippen LogP) is 2.95. The lowest BCUT2D eigenvalue weighted by Gasteiger charge is -2.07. The summed E-state index contributed by atoms with van der Waals surface area (Å²) in [6.45, 7) is 3.53. The number of ether oxygens (including phenoxy) is 1. The second-order valence-corrected chi connectivity index (χ2v) is 4.50. The number of benzene rings is 1. The molecule has 1 aromatic carbocycles. The van der Waals surface area contributed by atoms with Gasteiger partial charge in [0.2, 0.25) is 0 Å². The third-order valence-corrected chi connectivity index (χ3v) is 3.33. The van der Waals surface area contributed by atoms with Crippen molar-refractivity contribution in [3.05, 3.63) is 34.7 Å². The van der Waals surface area contributed by atoms with Crippen molar-refractivity contribution in [2.75, 3.05) is 7.11 Å². The summed E-state index contributed by atoms with van der Waals surface area (Å²) in [7, 11) is 1.35. The average Bonchev–Trinajstić information content (AvgIpc) is 2.30. The zero-order chi connectivity index (χ0) is 12.1. The van der Waals surface area contributed by atoms with Crippen molar-refractivity contribution < 1.29 is 14.6 Å². The molecule has 0 aliphatic carbocycles. The van der Waals surface area contributed by atoms with Crippen LogP contribution in [0, 0.1) is 0 Å². The van der Waals surface area contributed by atoms with Crippen LogP contribution < -0.4 is 0 Å². The Labute approximate surface area is 99.1 Å². The lowest BCUT2D eigenvalue weighted by molar-refractivity contribution is -0.136. The fraction of sp³-hybridized carbons (Fsp3) is 0.250. The fourth-order valence-electron chi connectivity index (χ4n) is 1.08. The molecule has 0 saturated heterocycles. The van der Waals surface area contributed by atoms with Crippen LogP contribution in [0.15, 0.2) is 39.6 Å². The van der Waals surface area contributed by atoms with Gasteiger partial charge in [-0.15, -0.1) is 0 Å². The summed E-state index contributed by atoms with van der Waals surface area (Å²) in [6.07, 6.45) is 0. The first-order valence-electron chi connectivity index (χ1n) is 4.78. The topological polar surface area (TPSA) is 46.5 Å². The van der Waals surface area contributed by atoms with E-state index >= 15 is 0 Å². The second kappa shape index (κ2) is 5.61. The van der Waals surface area contributed by atoms with Gasteiger partial charge in [-0.05, 0) is 30.9 Å². The number of esters is 1. The van der Waals surface area contributed by atoms with E-state index in [1.165, 1.54) is 18.9 Å². The molecule has 1 N–H and O–H groups in total. The first kappa shape index (κ1) is 12.6. The van der Waals surface area contributed by atoms with Gasteiger partial charge >= 0.3 is 5.97 Å². The molecule has 0 radical (unpaired) electrons. The van der Waals surface area contributed by atoms with Crippen LogP contribution in [0.3, 0.4) is 0 Å². The molecule has 3 nitrogen and oxygen atoms in total. The molecule has 0 heterocycles. The maximum atomic E-state index is 11.3. The van der Waals surface area contributed by atoms with Crippen molar-refractivity contribution in [1.82, 2.24) is 0 Å². The Kier molecular flexibility index (Phi) is 4.43. The maximum absolute atomic E-state index is 11.3. The molecule has 86 valence electrons. The van der Waals surface area contributed by atoms with Crippen LogP contribution in [0.2, 0.25) is 0 Å². The zero-order valence-electron chi connectivity index (χ0n) is 9.48. The highest BCUT2D eigenvalue weighted by atomic mass is 32.2. The third kappa shape index (κ3) is 3.03. The second-order valence-electron chi connectivity index (χ2n) is 3.24. The smallest absolute Gasteiger partial charge is 0.334 e. The fourth-order valence-corrected chi connectivity index (χ4v) is 1.97. The standard InChI is InChI=1S/C12H14O3S/c1-8(12(14)15-3)9(2)16-11-7-5-4-6-10(11)13/h4-7,13H,1-3H3/b9-8+. The van der Waals surface area contributed by atoms with Gasteiger partial charge in [0, 0.05) is 5.57 Å². The molecule has 0 aliphatic heterocycles. The molecule has 0 aliphatic rings. The number of thioether (sulfide) groups is 1. The minimum atomic E-state index is -0.347. The Balaban J connectivity index is 2.90. The van der Waals surface area contributed by atoms with E-state index in [2.05, 4.69) is 4.74 Å². The van der Waals surface area contributed by atoms with E-state index < -0.39 is 0 Å². The summed E-state index contributed by atoms with van der Waals surface area (Å²) in [6, 6.07) is 7.01. The Morgan fingerprint density at radius 2 is 1.94 bits per heavy atom. The van der Waals surface area contributed by atoms with Crippen LogP contribution in [-0.2, 0) is 9.53 Å². The third-order valence-electron chi connectivity index (χ3n) is 2.15. The van der Waals surface area contributed by atoms with Crippen molar-refractivity contribution in [3.8, 4) is 5.75 Å². The number of hydrogen-bond acceptors (Lipinski definition) is 4. The summed E-state index contributed by atoms with van der Waals surface area (Å²) in [5.74, 6) is -0.134. The van der Waals surface area contributed by atoms with Gasteiger partial charge < -0.3 is 9.84 Å². The number of hydrogen-bond donors (Lipinski definition) is 1. The van der Waals surface area contributed by atoms with Crippen LogP contribution >= 0.6 is 11.8 Å². The molecule has 0 spiro atoms. The summed E-state index contributed by atoms with van der Waals surface area (Å²) in [4.78, 5) is 12.8. The molecule has 16 heavy (non-hydrogen) atoms. The van der Waals surface area contributed by atoms with E-state index in [1.807, 2.05) is 13.0 Å². The predicted molar refractivity (Wildman–Crippen MR) is 64.4 cm³/mol. The van der Waals surface area contributed by atoms with Crippen molar-refractivity contribution in [2.24, 2.45) is 0 Å². The Bertz CT molecular complexity index is 424. The van der Waals surface area contributed by atoms with Crippen molar-refractivity contribution in [2.45, 2.75) is 18.7 Å². The lowest BCUT2D eigenvalue weighted by Crippen LogP contribution is -2.02. The molecule has 0 saturated carbocycles. The number of rotatable bonds is 3. The zero-order valence-corrected chi connectivity index (χ0v) is 10.3. The van der Waals surface area contributed by atoms with E-state index in [9.17, 15) is 9.90 Å². The molecule has 4 heteroatoms. The molecule has 0 atom stereocenters. The van der Waals surface area contributed by atoms with E-state index in [1.54, 1.807) is 25.1 Å². The molecule has 1 aromatic rings. The molecule has 0 unspecified atom stereocenters. The van der Waals surface area contributed by atoms with Crippen LogP contribution in [0.4, 0.5) is 0 Å². The molecule has 0 amide bonds. The van der Waals surface area contributed by atoms with Gasteiger partial charge in [-0.1, -0.05) is 23.9 Å². The van der Waals surface area contributed by atoms with Gasteiger partial charge in [0.25, 0.3) is 0 Å². The number of phenols is 1. The van der Waals surface area contributed by atoms with E-state index in [4.69, 9.17) is 0 Å². The molecular formula is C12H14O3S. The largest absolute Gasteiger partial charge is 0.507 e. The number of allylic oxidation sites excluding steroid dienone is 1. The number of para-hydroxylation sites is 1. The number of carbonyl (C=O) groups is 1. The lowest BCUT2D eigenvalue weighted by atomic mass is 10.3. The van der Waals surface area contributed by atoms with Gasteiger partial charge in [-0.2, -0.15) is 0 Å². The molecule has 0 aromatic heterocycles. The summed E-state index contributed by atoms with van der Waals surface area (Å²) in [5.41, 5.74) is 0.552. The van der Waals surface area contributed by atoms with E-state index in [0.29, 0.717) is 5.57 Å². The van der Waals surface area contributed by atoms with E-state index in [-0.39, 0.29) is 11.7 Å². The number of carbonyl (C=O) groups excluding carboxylic acids is 1. The number of aromatic hydroxyl groups is 1. The first-order valence-corrected chi connectivity index (χ1v) is 5.59. The SMILES string of the molecule is COC(=O)/C(C)=C(\C)Sc1ccccc1O.